The highest BCUT2D eigenvalue weighted by molar-refractivity contribution is 5.79. The maximum Gasteiger partial charge on any atom is 0.191 e. The van der Waals surface area contributed by atoms with Crippen LogP contribution in [0, 0.1) is 0 Å². The van der Waals surface area contributed by atoms with Crippen molar-refractivity contribution in [1.82, 2.24) is 15.6 Å². The fourth-order valence-electron chi connectivity index (χ4n) is 3.03. The predicted molar refractivity (Wildman–Crippen MR) is 101 cm³/mol. The molecule has 0 amide bonds. The first-order valence-corrected chi connectivity index (χ1v) is 9.02. The monoisotopic (exact) mass is 341 g/mol. The van der Waals surface area contributed by atoms with Gasteiger partial charge in [-0.1, -0.05) is 0 Å². The normalized spacial score (nSPS) is 15.2. The van der Waals surface area contributed by atoms with Crippen molar-refractivity contribution in [2.45, 2.75) is 32.2 Å². The summed E-state index contributed by atoms with van der Waals surface area (Å²) in [5, 5.41) is 6.67. The lowest BCUT2D eigenvalue weighted by Crippen LogP contribution is -2.38. The highest BCUT2D eigenvalue weighted by Crippen LogP contribution is 2.18. The smallest absolute Gasteiger partial charge is 0.191 e. The Kier molecular flexibility index (Phi) is 6.31. The largest absolute Gasteiger partial charge is 0.469 e. The maximum absolute atomic E-state index is 5.34. The number of anilines is 1. The molecule has 6 heteroatoms. The minimum absolute atomic E-state index is 0.726. The molecule has 1 saturated heterocycles. The molecule has 0 spiro atoms. The Morgan fingerprint density at radius 3 is 2.88 bits per heavy atom. The summed E-state index contributed by atoms with van der Waals surface area (Å²) in [6, 6.07) is 8.12. The molecule has 2 aromatic heterocycles. The number of hydrogen-bond donors (Lipinski definition) is 2. The van der Waals surface area contributed by atoms with Gasteiger partial charge < -0.3 is 20.0 Å². The van der Waals surface area contributed by atoms with Crippen LogP contribution in [0.25, 0.3) is 0 Å². The molecule has 1 fully saturated rings. The van der Waals surface area contributed by atoms with Gasteiger partial charge in [0.05, 0.1) is 6.26 Å². The summed E-state index contributed by atoms with van der Waals surface area (Å²) >= 11 is 0. The summed E-state index contributed by atoms with van der Waals surface area (Å²) in [6.07, 6.45) is 8.28. The molecule has 2 aromatic rings. The molecule has 1 aliphatic rings. The van der Waals surface area contributed by atoms with Gasteiger partial charge in [-0.2, -0.15) is 0 Å². The zero-order valence-corrected chi connectivity index (χ0v) is 14.9. The van der Waals surface area contributed by atoms with Crippen LogP contribution in [0.2, 0.25) is 0 Å². The number of piperidine rings is 1. The van der Waals surface area contributed by atoms with Crippen molar-refractivity contribution in [1.29, 1.82) is 0 Å². The Morgan fingerprint density at radius 2 is 2.12 bits per heavy atom. The molecular formula is C19H27N5O. The van der Waals surface area contributed by atoms with Crippen LogP contribution in [-0.2, 0) is 13.0 Å². The first kappa shape index (κ1) is 17.3. The zero-order valence-electron chi connectivity index (χ0n) is 14.9. The Balaban J connectivity index is 1.47. The van der Waals surface area contributed by atoms with Gasteiger partial charge in [0, 0.05) is 45.8 Å². The molecule has 134 valence electrons. The molecule has 3 rings (SSSR count). The van der Waals surface area contributed by atoms with Crippen molar-refractivity contribution in [2.24, 2.45) is 4.99 Å². The van der Waals surface area contributed by atoms with Gasteiger partial charge in [0.1, 0.15) is 11.6 Å². The van der Waals surface area contributed by atoms with E-state index in [4.69, 9.17) is 4.42 Å². The number of aliphatic imine (C=N–C) groups is 1. The number of nitrogens with zero attached hydrogens (tertiary/aromatic N) is 3. The van der Waals surface area contributed by atoms with Gasteiger partial charge in [0.15, 0.2) is 5.96 Å². The third-order valence-electron chi connectivity index (χ3n) is 4.42. The molecule has 0 saturated carbocycles. The molecule has 1 aliphatic heterocycles. The van der Waals surface area contributed by atoms with Gasteiger partial charge in [0.2, 0.25) is 0 Å². The Bertz CT molecular complexity index is 662. The summed E-state index contributed by atoms with van der Waals surface area (Å²) in [6.45, 7) is 3.73. The summed E-state index contributed by atoms with van der Waals surface area (Å²) in [5.74, 6) is 2.85. The van der Waals surface area contributed by atoms with Crippen molar-refractivity contribution in [3.63, 3.8) is 0 Å². The average Bonchev–Trinajstić information content (AvgIpc) is 3.19. The van der Waals surface area contributed by atoms with Crippen LogP contribution in [0.15, 0.2) is 46.1 Å². The van der Waals surface area contributed by atoms with Crippen LogP contribution < -0.4 is 15.5 Å². The number of pyridine rings is 1. The Morgan fingerprint density at radius 1 is 1.24 bits per heavy atom. The van der Waals surface area contributed by atoms with E-state index < -0.39 is 0 Å². The first-order valence-electron chi connectivity index (χ1n) is 9.02. The van der Waals surface area contributed by atoms with E-state index >= 15 is 0 Å². The maximum atomic E-state index is 5.34. The van der Waals surface area contributed by atoms with Crippen LogP contribution in [-0.4, -0.2) is 37.6 Å². The summed E-state index contributed by atoms with van der Waals surface area (Å²) in [5.41, 5.74) is 1.21. The number of aromatic nitrogens is 1. The topological polar surface area (TPSA) is 65.7 Å². The van der Waals surface area contributed by atoms with Crippen molar-refractivity contribution in [2.75, 3.05) is 31.6 Å². The van der Waals surface area contributed by atoms with Gasteiger partial charge in [-0.3, -0.25) is 4.99 Å². The van der Waals surface area contributed by atoms with E-state index in [9.17, 15) is 0 Å². The quantitative estimate of drug-likeness (QED) is 0.624. The Labute approximate surface area is 149 Å². The number of guanidine groups is 1. The lowest BCUT2D eigenvalue weighted by molar-refractivity contribution is 0.507. The van der Waals surface area contributed by atoms with Gasteiger partial charge in [-0.05, 0) is 49.1 Å². The van der Waals surface area contributed by atoms with Crippen molar-refractivity contribution < 1.29 is 4.42 Å². The summed E-state index contributed by atoms with van der Waals surface area (Å²) < 4.78 is 5.34. The highest BCUT2D eigenvalue weighted by Gasteiger charge is 2.12. The van der Waals surface area contributed by atoms with Crippen molar-refractivity contribution in [3.05, 3.63) is 48.0 Å². The second kappa shape index (κ2) is 9.11. The molecule has 0 bridgehead atoms. The standard InChI is InChI=1S/C19H27N5O/c1-20-19(22-10-8-17-6-5-13-25-17)23-15-16-7-9-21-18(14-16)24-11-3-2-4-12-24/h5-7,9,13-14H,2-4,8,10-12,15H2,1H3,(H2,20,22,23). The first-order chi connectivity index (χ1) is 12.3. The average molecular weight is 341 g/mol. The third-order valence-corrected chi connectivity index (χ3v) is 4.42. The fraction of sp³-hybridized carbons (Fsp3) is 0.474. The SMILES string of the molecule is CN=C(NCCc1ccco1)NCc1ccnc(N2CCCCC2)c1. The number of nitrogens with one attached hydrogen (secondary N) is 2. The molecule has 0 radical (unpaired) electrons. The van der Waals surface area contributed by atoms with E-state index in [0.29, 0.717) is 0 Å². The van der Waals surface area contributed by atoms with Crippen LogP contribution >= 0.6 is 0 Å². The van der Waals surface area contributed by atoms with Gasteiger partial charge in [0.25, 0.3) is 0 Å². The molecule has 0 aromatic carbocycles. The van der Waals surface area contributed by atoms with Crippen LogP contribution in [0.3, 0.4) is 0 Å². The van der Waals surface area contributed by atoms with E-state index in [1.807, 2.05) is 18.3 Å². The van der Waals surface area contributed by atoms with Crippen molar-refractivity contribution >= 4 is 11.8 Å². The van der Waals surface area contributed by atoms with E-state index in [0.717, 1.165) is 50.1 Å². The second-order valence-electron chi connectivity index (χ2n) is 6.25. The molecule has 25 heavy (non-hydrogen) atoms. The minimum atomic E-state index is 0.726. The molecule has 0 atom stereocenters. The van der Waals surface area contributed by atoms with E-state index in [1.165, 1.54) is 24.8 Å². The van der Waals surface area contributed by atoms with Crippen LogP contribution in [0.5, 0.6) is 0 Å². The molecule has 0 aliphatic carbocycles. The highest BCUT2D eigenvalue weighted by atomic mass is 16.3. The predicted octanol–water partition coefficient (Wildman–Crippen LogP) is 2.57. The van der Waals surface area contributed by atoms with Crippen LogP contribution in [0.1, 0.15) is 30.6 Å². The van der Waals surface area contributed by atoms with Gasteiger partial charge in [-0.15, -0.1) is 0 Å². The van der Waals surface area contributed by atoms with Crippen molar-refractivity contribution in [3.8, 4) is 0 Å². The van der Waals surface area contributed by atoms with Gasteiger partial charge >= 0.3 is 0 Å². The number of rotatable bonds is 6. The number of hydrogen-bond acceptors (Lipinski definition) is 4. The van der Waals surface area contributed by atoms with Crippen LogP contribution in [0.4, 0.5) is 5.82 Å². The number of furan rings is 1. The summed E-state index contributed by atoms with van der Waals surface area (Å²) in [4.78, 5) is 11.2. The molecule has 0 unspecified atom stereocenters. The molecule has 6 nitrogen and oxygen atoms in total. The lowest BCUT2D eigenvalue weighted by atomic mass is 10.1. The van der Waals surface area contributed by atoms with E-state index in [2.05, 4.69) is 37.6 Å². The second-order valence-corrected chi connectivity index (χ2v) is 6.25. The van der Waals surface area contributed by atoms with E-state index in [-0.39, 0.29) is 0 Å². The van der Waals surface area contributed by atoms with E-state index in [1.54, 1.807) is 13.3 Å². The fourth-order valence-corrected chi connectivity index (χ4v) is 3.03. The summed E-state index contributed by atoms with van der Waals surface area (Å²) in [7, 11) is 1.79. The Hall–Kier alpha value is -2.50. The molecular weight excluding hydrogens is 314 g/mol. The molecule has 2 N–H and O–H groups in total. The molecule has 3 heterocycles. The lowest BCUT2D eigenvalue weighted by Gasteiger charge is -2.28. The van der Waals surface area contributed by atoms with Gasteiger partial charge in [-0.25, -0.2) is 4.98 Å². The minimum Gasteiger partial charge on any atom is -0.469 e. The zero-order chi connectivity index (χ0) is 17.3. The third kappa shape index (κ3) is 5.24.